The molecule has 3 aromatic rings. The van der Waals surface area contributed by atoms with E-state index in [1.807, 2.05) is 48.5 Å². The highest BCUT2D eigenvalue weighted by atomic mass is 16.5. The Labute approximate surface area is 181 Å². The average molecular weight is 412 g/mol. The summed E-state index contributed by atoms with van der Waals surface area (Å²) < 4.78 is 5.20. The first-order valence-electron chi connectivity index (χ1n) is 10.4. The number of carbonyl (C=O) groups excluding carboxylic acids is 1. The van der Waals surface area contributed by atoms with Crippen LogP contribution < -0.4 is 15.4 Å². The lowest BCUT2D eigenvalue weighted by Crippen LogP contribution is -2.26. The van der Waals surface area contributed by atoms with E-state index in [0.717, 1.165) is 34.6 Å². The van der Waals surface area contributed by atoms with Crippen LogP contribution in [0.15, 0.2) is 84.1 Å². The Balaban J connectivity index is 1.62. The minimum absolute atomic E-state index is 0.0554. The number of anilines is 2. The molecule has 1 heterocycles. The van der Waals surface area contributed by atoms with Crippen LogP contribution in [0.4, 0.5) is 11.4 Å². The zero-order valence-electron chi connectivity index (χ0n) is 17.3. The highest BCUT2D eigenvalue weighted by Crippen LogP contribution is 2.45. The molecule has 5 nitrogen and oxygen atoms in total. The number of benzene rings is 3. The number of aromatic hydroxyl groups is 1. The second-order valence-corrected chi connectivity index (χ2v) is 8.01. The Morgan fingerprint density at radius 1 is 0.903 bits per heavy atom. The molecule has 5 heteroatoms. The van der Waals surface area contributed by atoms with Gasteiger partial charge in [0.25, 0.3) is 0 Å². The summed E-state index contributed by atoms with van der Waals surface area (Å²) in [5.41, 5.74) is 5.51. The Bertz CT molecular complexity index is 1170. The molecule has 0 unspecified atom stereocenters. The molecule has 0 saturated heterocycles. The molecular weight excluding hydrogens is 388 g/mol. The molecule has 0 aromatic heterocycles. The Morgan fingerprint density at radius 2 is 1.65 bits per heavy atom. The van der Waals surface area contributed by atoms with E-state index in [2.05, 4.69) is 22.8 Å². The number of rotatable bonds is 3. The summed E-state index contributed by atoms with van der Waals surface area (Å²) >= 11 is 0. The number of hydrogen-bond donors (Lipinski definition) is 3. The maximum absolute atomic E-state index is 13.5. The van der Waals surface area contributed by atoms with Crippen LogP contribution in [0.5, 0.6) is 11.5 Å². The van der Waals surface area contributed by atoms with Crippen molar-refractivity contribution in [1.82, 2.24) is 0 Å². The quantitative estimate of drug-likeness (QED) is 0.539. The number of allylic oxidation sites excluding steroid dienone is 1. The fourth-order valence-corrected chi connectivity index (χ4v) is 4.59. The van der Waals surface area contributed by atoms with E-state index in [0.29, 0.717) is 12.2 Å². The summed E-state index contributed by atoms with van der Waals surface area (Å²) in [7, 11) is 1.52. The smallest absolute Gasteiger partial charge is 0.163 e. The van der Waals surface area contributed by atoms with Crippen LogP contribution in [0.25, 0.3) is 0 Å². The molecule has 1 aliphatic carbocycles. The summed E-state index contributed by atoms with van der Waals surface area (Å²) in [6.45, 7) is 0. The molecule has 156 valence electrons. The molecule has 1 aliphatic heterocycles. The minimum atomic E-state index is -0.368. The molecule has 0 saturated carbocycles. The first kappa shape index (κ1) is 19.2. The lowest BCUT2D eigenvalue weighted by Gasteiger charge is -2.30. The van der Waals surface area contributed by atoms with Crippen LogP contribution >= 0.6 is 0 Å². The van der Waals surface area contributed by atoms with Crippen LogP contribution in [0.3, 0.4) is 0 Å². The molecule has 0 bridgehead atoms. The van der Waals surface area contributed by atoms with Crippen LogP contribution in [0, 0.1) is 0 Å². The monoisotopic (exact) mass is 412 g/mol. The molecule has 5 rings (SSSR count). The van der Waals surface area contributed by atoms with Crippen LogP contribution in [0.2, 0.25) is 0 Å². The fourth-order valence-electron chi connectivity index (χ4n) is 4.59. The molecule has 3 aromatic carbocycles. The van der Waals surface area contributed by atoms with E-state index < -0.39 is 0 Å². The summed E-state index contributed by atoms with van der Waals surface area (Å²) in [5.74, 6) is 0.711. The topological polar surface area (TPSA) is 70.6 Å². The third-order valence-electron chi connectivity index (χ3n) is 6.12. The van der Waals surface area contributed by atoms with Gasteiger partial charge < -0.3 is 20.5 Å². The van der Waals surface area contributed by atoms with E-state index in [9.17, 15) is 9.90 Å². The number of phenols is 1. The van der Waals surface area contributed by atoms with Crippen molar-refractivity contribution in [3.63, 3.8) is 0 Å². The van der Waals surface area contributed by atoms with Gasteiger partial charge in [0, 0.05) is 17.7 Å². The van der Waals surface area contributed by atoms with Crippen LogP contribution in [0.1, 0.15) is 35.9 Å². The van der Waals surface area contributed by atoms with Gasteiger partial charge in [0.15, 0.2) is 17.3 Å². The molecule has 2 aliphatic rings. The van der Waals surface area contributed by atoms with Gasteiger partial charge in [0.05, 0.1) is 24.5 Å². The summed E-state index contributed by atoms with van der Waals surface area (Å²) in [6, 6.07) is 23.1. The molecule has 31 heavy (non-hydrogen) atoms. The Morgan fingerprint density at radius 3 is 2.39 bits per heavy atom. The lowest BCUT2D eigenvalue weighted by molar-refractivity contribution is -0.116. The summed E-state index contributed by atoms with van der Waals surface area (Å²) in [5, 5.41) is 17.4. The first-order valence-corrected chi connectivity index (χ1v) is 10.4. The zero-order valence-corrected chi connectivity index (χ0v) is 17.3. The van der Waals surface area contributed by atoms with Crippen molar-refractivity contribution >= 4 is 17.2 Å². The van der Waals surface area contributed by atoms with Gasteiger partial charge in [-0.15, -0.1) is 0 Å². The largest absolute Gasteiger partial charge is 0.504 e. The third-order valence-corrected chi connectivity index (χ3v) is 6.12. The summed E-state index contributed by atoms with van der Waals surface area (Å²) in [4.78, 5) is 13.5. The normalized spacial score (nSPS) is 20.1. The minimum Gasteiger partial charge on any atom is -0.504 e. The highest BCUT2D eigenvalue weighted by Gasteiger charge is 2.36. The van der Waals surface area contributed by atoms with E-state index in [4.69, 9.17) is 4.74 Å². The molecule has 0 spiro atoms. The first-order chi connectivity index (χ1) is 15.1. The Kier molecular flexibility index (Phi) is 4.86. The molecule has 0 amide bonds. The molecular formula is C26H24N2O3. The number of para-hydroxylation sites is 2. The van der Waals surface area contributed by atoms with Gasteiger partial charge >= 0.3 is 0 Å². The zero-order chi connectivity index (χ0) is 21.4. The fraction of sp³-hybridized carbons (Fsp3) is 0.192. The van der Waals surface area contributed by atoms with Crippen molar-refractivity contribution in [1.29, 1.82) is 0 Å². The average Bonchev–Trinajstić information content (AvgIpc) is 2.96. The number of ketones is 1. The second-order valence-electron chi connectivity index (χ2n) is 8.01. The number of methoxy groups -OCH3 is 1. The maximum Gasteiger partial charge on any atom is 0.163 e. The van der Waals surface area contributed by atoms with E-state index in [-0.39, 0.29) is 23.5 Å². The number of fused-ring (bicyclic) bond motifs is 1. The Hall–Kier alpha value is -3.73. The van der Waals surface area contributed by atoms with Crippen molar-refractivity contribution in [2.45, 2.75) is 24.8 Å². The van der Waals surface area contributed by atoms with Gasteiger partial charge in [0.2, 0.25) is 0 Å². The standard InChI is InChI=1S/C26H24N2O3/c1-31-24-12-11-17(14-22(24)29)26-25-21(27-19-9-5-6-10-20(19)28-26)13-18(15-23(25)30)16-7-3-2-4-8-16/h2-12,14,18,26-29H,13,15H2,1H3/t18-,26+/m0/s1. The molecule has 0 radical (unpaired) electrons. The van der Waals surface area contributed by atoms with Gasteiger partial charge in [-0.2, -0.15) is 0 Å². The molecule has 0 fully saturated rings. The number of carbonyl (C=O) groups is 1. The van der Waals surface area contributed by atoms with Crippen LogP contribution in [-0.2, 0) is 4.79 Å². The van der Waals surface area contributed by atoms with Gasteiger partial charge in [-0.1, -0.05) is 48.5 Å². The second kappa shape index (κ2) is 7.84. The van der Waals surface area contributed by atoms with Crippen molar-refractivity contribution in [3.8, 4) is 11.5 Å². The lowest BCUT2D eigenvalue weighted by atomic mass is 9.78. The van der Waals surface area contributed by atoms with Gasteiger partial charge in [-0.3, -0.25) is 4.79 Å². The predicted molar refractivity (Wildman–Crippen MR) is 122 cm³/mol. The predicted octanol–water partition coefficient (Wildman–Crippen LogP) is 5.38. The van der Waals surface area contributed by atoms with Crippen molar-refractivity contribution < 1.29 is 14.6 Å². The van der Waals surface area contributed by atoms with Gasteiger partial charge in [-0.25, -0.2) is 0 Å². The number of hydrogen-bond acceptors (Lipinski definition) is 5. The molecule has 3 N–H and O–H groups in total. The van der Waals surface area contributed by atoms with E-state index in [1.54, 1.807) is 12.1 Å². The number of phenolic OH excluding ortho intramolecular Hbond substituents is 1. The van der Waals surface area contributed by atoms with Gasteiger partial charge in [-0.05, 0) is 47.7 Å². The maximum atomic E-state index is 13.5. The van der Waals surface area contributed by atoms with Crippen LogP contribution in [-0.4, -0.2) is 18.0 Å². The number of ether oxygens (including phenoxy) is 1. The highest BCUT2D eigenvalue weighted by molar-refractivity contribution is 6.01. The van der Waals surface area contributed by atoms with Crippen molar-refractivity contribution in [2.75, 3.05) is 17.7 Å². The van der Waals surface area contributed by atoms with E-state index in [1.165, 1.54) is 12.7 Å². The SMILES string of the molecule is COc1ccc([C@H]2Nc3ccccc3NC3=C2C(=O)C[C@@H](c2ccccc2)C3)cc1O. The number of nitrogens with one attached hydrogen (secondary N) is 2. The van der Waals surface area contributed by atoms with Crippen molar-refractivity contribution in [2.24, 2.45) is 0 Å². The molecule has 2 atom stereocenters. The van der Waals surface area contributed by atoms with E-state index >= 15 is 0 Å². The number of Topliss-reactive ketones (excluding diaryl/α,β-unsaturated/α-hetero) is 1. The van der Waals surface area contributed by atoms with Crippen molar-refractivity contribution in [3.05, 3.63) is 95.2 Å². The third kappa shape index (κ3) is 3.52. The van der Waals surface area contributed by atoms with Gasteiger partial charge in [0.1, 0.15) is 0 Å². The summed E-state index contributed by atoms with van der Waals surface area (Å²) in [6.07, 6.45) is 1.21.